The summed E-state index contributed by atoms with van der Waals surface area (Å²) in [7, 11) is 0. The van der Waals surface area contributed by atoms with Gasteiger partial charge >= 0.3 is 0 Å². The second-order valence-corrected chi connectivity index (χ2v) is 5.94. The molecule has 7 heteroatoms. The topological polar surface area (TPSA) is 63.8 Å². The van der Waals surface area contributed by atoms with Crippen molar-refractivity contribution in [2.45, 2.75) is 18.8 Å². The van der Waals surface area contributed by atoms with Crippen LogP contribution in [-0.4, -0.2) is 9.97 Å². The molecule has 0 saturated heterocycles. The Morgan fingerprint density at radius 2 is 2.05 bits per heavy atom. The first kappa shape index (κ1) is 13.6. The van der Waals surface area contributed by atoms with Crippen LogP contribution in [0.25, 0.3) is 0 Å². The second-order valence-electron chi connectivity index (χ2n) is 4.68. The Morgan fingerprint density at radius 3 is 2.70 bits per heavy atom. The summed E-state index contributed by atoms with van der Waals surface area (Å²) in [6.07, 6.45) is 2.17. The molecule has 2 aromatic rings. The molecule has 0 radical (unpaired) electrons. The van der Waals surface area contributed by atoms with Crippen molar-refractivity contribution in [1.82, 2.24) is 9.97 Å². The SMILES string of the molecule is Nc1cc(Nc2c(Cl)cc(F)cc2Br)nc(C2CC2)n1. The number of nitrogens with two attached hydrogens (primary N) is 1. The van der Waals surface area contributed by atoms with Crippen molar-refractivity contribution < 1.29 is 4.39 Å². The van der Waals surface area contributed by atoms with Crippen LogP contribution in [0.4, 0.5) is 21.7 Å². The zero-order valence-electron chi connectivity index (χ0n) is 10.3. The van der Waals surface area contributed by atoms with Crippen LogP contribution in [0.2, 0.25) is 5.02 Å². The van der Waals surface area contributed by atoms with E-state index in [0.29, 0.717) is 27.7 Å². The van der Waals surface area contributed by atoms with Crippen molar-refractivity contribution in [3.63, 3.8) is 0 Å². The number of anilines is 3. The Bertz CT molecular complexity index is 652. The normalized spacial score (nSPS) is 14.3. The number of nitrogens with one attached hydrogen (secondary N) is 1. The van der Waals surface area contributed by atoms with Crippen LogP contribution in [0, 0.1) is 5.82 Å². The molecular weight excluding hydrogens is 347 g/mol. The summed E-state index contributed by atoms with van der Waals surface area (Å²) in [5.41, 5.74) is 6.33. The number of nitrogen functional groups attached to an aromatic ring is 1. The molecule has 1 fully saturated rings. The Kier molecular flexibility index (Phi) is 3.52. The van der Waals surface area contributed by atoms with E-state index in [9.17, 15) is 4.39 Å². The highest BCUT2D eigenvalue weighted by Crippen LogP contribution is 2.39. The number of benzene rings is 1. The van der Waals surface area contributed by atoms with Crippen LogP contribution in [0.15, 0.2) is 22.7 Å². The molecule has 1 aliphatic carbocycles. The van der Waals surface area contributed by atoms with Crippen LogP contribution in [-0.2, 0) is 0 Å². The molecule has 1 aromatic heterocycles. The Morgan fingerprint density at radius 1 is 1.30 bits per heavy atom. The van der Waals surface area contributed by atoms with Gasteiger partial charge in [-0.25, -0.2) is 14.4 Å². The molecule has 3 N–H and O–H groups in total. The molecule has 1 heterocycles. The van der Waals surface area contributed by atoms with Gasteiger partial charge in [-0.15, -0.1) is 0 Å². The van der Waals surface area contributed by atoms with Crippen LogP contribution < -0.4 is 11.1 Å². The zero-order valence-corrected chi connectivity index (χ0v) is 12.7. The lowest BCUT2D eigenvalue weighted by Crippen LogP contribution is -2.03. The van der Waals surface area contributed by atoms with E-state index in [0.717, 1.165) is 18.7 Å². The first-order valence-corrected chi connectivity index (χ1v) is 7.26. The van der Waals surface area contributed by atoms with Gasteiger partial charge < -0.3 is 11.1 Å². The maximum atomic E-state index is 13.2. The van der Waals surface area contributed by atoms with Crippen LogP contribution in [0.3, 0.4) is 0 Å². The van der Waals surface area contributed by atoms with Gasteiger partial charge in [0.2, 0.25) is 0 Å². The number of hydrogen-bond donors (Lipinski definition) is 2. The van der Waals surface area contributed by atoms with E-state index >= 15 is 0 Å². The highest BCUT2D eigenvalue weighted by Gasteiger charge is 2.27. The van der Waals surface area contributed by atoms with Gasteiger partial charge in [-0.2, -0.15) is 0 Å². The van der Waals surface area contributed by atoms with Crippen LogP contribution in [0.5, 0.6) is 0 Å². The van der Waals surface area contributed by atoms with Crippen molar-refractivity contribution in [2.24, 2.45) is 0 Å². The Labute approximate surface area is 128 Å². The fourth-order valence-electron chi connectivity index (χ4n) is 1.86. The van der Waals surface area contributed by atoms with E-state index in [1.165, 1.54) is 12.1 Å². The number of rotatable bonds is 3. The quantitative estimate of drug-likeness (QED) is 0.862. The van der Waals surface area contributed by atoms with E-state index in [2.05, 4.69) is 31.2 Å². The molecule has 4 nitrogen and oxygen atoms in total. The summed E-state index contributed by atoms with van der Waals surface area (Å²) in [5, 5.41) is 3.32. The van der Waals surface area contributed by atoms with Crippen molar-refractivity contribution in [3.8, 4) is 0 Å². The summed E-state index contributed by atoms with van der Waals surface area (Å²) >= 11 is 9.30. The molecular formula is C13H11BrClFN4. The summed E-state index contributed by atoms with van der Waals surface area (Å²) in [4.78, 5) is 8.64. The molecule has 0 atom stereocenters. The van der Waals surface area contributed by atoms with Gasteiger partial charge in [0, 0.05) is 16.5 Å². The molecule has 0 aliphatic heterocycles. The van der Waals surface area contributed by atoms with E-state index in [4.69, 9.17) is 17.3 Å². The highest BCUT2D eigenvalue weighted by molar-refractivity contribution is 9.10. The van der Waals surface area contributed by atoms with Crippen molar-refractivity contribution in [2.75, 3.05) is 11.1 Å². The first-order valence-electron chi connectivity index (χ1n) is 6.09. The van der Waals surface area contributed by atoms with Gasteiger partial charge in [-0.3, -0.25) is 0 Å². The predicted molar refractivity (Wildman–Crippen MR) is 80.8 cm³/mol. The minimum atomic E-state index is -0.409. The van der Waals surface area contributed by atoms with Crippen molar-refractivity contribution in [1.29, 1.82) is 0 Å². The van der Waals surface area contributed by atoms with E-state index in [1.807, 2.05) is 0 Å². The first-order chi connectivity index (χ1) is 9.52. The molecule has 1 saturated carbocycles. The smallest absolute Gasteiger partial charge is 0.136 e. The summed E-state index contributed by atoms with van der Waals surface area (Å²) in [5.74, 6) is 1.67. The third kappa shape index (κ3) is 2.86. The molecule has 0 unspecified atom stereocenters. The summed E-state index contributed by atoms with van der Waals surface area (Å²) in [6.45, 7) is 0. The second kappa shape index (κ2) is 5.18. The van der Waals surface area contributed by atoms with E-state index in [-0.39, 0.29) is 5.02 Å². The van der Waals surface area contributed by atoms with Gasteiger partial charge in [-0.1, -0.05) is 11.6 Å². The lowest BCUT2D eigenvalue weighted by molar-refractivity contribution is 0.627. The maximum Gasteiger partial charge on any atom is 0.136 e. The number of aromatic nitrogens is 2. The number of halogens is 3. The standard InChI is InChI=1S/C13H11BrClFN4/c14-8-3-7(16)4-9(15)12(8)19-11-5-10(17)18-13(20-11)6-1-2-6/h3-6H,1-2H2,(H3,17,18,19,20). The number of nitrogens with zero attached hydrogens (tertiary/aromatic N) is 2. The summed E-state index contributed by atoms with van der Waals surface area (Å²) in [6, 6.07) is 4.19. The van der Waals surface area contributed by atoms with Gasteiger partial charge in [-0.05, 0) is 40.9 Å². The predicted octanol–water partition coefficient (Wildman–Crippen LogP) is 4.23. The minimum absolute atomic E-state index is 0.266. The number of hydrogen-bond acceptors (Lipinski definition) is 4. The largest absolute Gasteiger partial charge is 0.384 e. The lowest BCUT2D eigenvalue weighted by atomic mass is 10.3. The molecule has 0 bridgehead atoms. The Hall–Kier alpha value is -1.40. The molecule has 20 heavy (non-hydrogen) atoms. The molecule has 0 amide bonds. The molecule has 104 valence electrons. The Balaban J connectivity index is 1.95. The molecule has 1 aliphatic rings. The lowest BCUT2D eigenvalue weighted by Gasteiger charge is -2.11. The highest BCUT2D eigenvalue weighted by atomic mass is 79.9. The fraction of sp³-hybridized carbons (Fsp3) is 0.231. The molecule has 1 aromatic carbocycles. The van der Waals surface area contributed by atoms with Gasteiger partial charge in [0.1, 0.15) is 23.3 Å². The van der Waals surface area contributed by atoms with E-state index < -0.39 is 5.82 Å². The summed E-state index contributed by atoms with van der Waals surface area (Å²) < 4.78 is 13.7. The maximum absolute atomic E-state index is 13.2. The van der Waals surface area contributed by atoms with E-state index in [1.54, 1.807) is 6.07 Å². The zero-order chi connectivity index (χ0) is 14.3. The van der Waals surface area contributed by atoms with Gasteiger partial charge in [0.15, 0.2) is 0 Å². The monoisotopic (exact) mass is 356 g/mol. The van der Waals surface area contributed by atoms with Gasteiger partial charge in [0.05, 0.1) is 10.7 Å². The fourth-order valence-corrected chi connectivity index (χ4v) is 2.76. The van der Waals surface area contributed by atoms with Crippen molar-refractivity contribution in [3.05, 3.63) is 39.3 Å². The average molecular weight is 358 g/mol. The van der Waals surface area contributed by atoms with Crippen LogP contribution >= 0.6 is 27.5 Å². The molecule has 0 spiro atoms. The minimum Gasteiger partial charge on any atom is -0.384 e. The third-order valence-corrected chi connectivity index (χ3v) is 3.89. The molecule has 3 rings (SSSR count). The average Bonchev–Trinajstić information content (AvgIpc) is 3.17. The third-order valence-electron chi connectivity index (χ3n) is 2.97. The van der Waals surface area contributed by atoms with Crippen LogP contribution in [0.1, 0.15) is 24.6 Å². The van der Waals surface area contributed by atoms with Crippen molar-refractivity contribution >= 4 is 44.9 Å². The van der Waals surface area contributed by atoms with Gasteiger partial charge in [0.25, 0.3) is 0 Å².